The summed E-state index contributed by atoms with van der Waals surface area (Å²) in [6.07, 6.45) is 0.856. The van der Waals surface area contributed by atoms with Gasteiger partial charge in [-0.15, -0.1) is 0 Å². The highest BCUT2D eigenvalue weighted by atomic mass is 79.9. The number of nitrogens with one attached hydrogen (secondary N) is 2. The van der Waals surface area contributed by atoms with Gasteiger partial charge in [-0.05, 0) is 42.0 Å². The molecule has 0 unspecified atom stereocenters. The Morgan fingerprint density at radius 1 is 1.23 bits per heavy atom. The molecule has 0 saturated heterocycles. The van der Waals surface area contributed by atoms with Crippen molar-refractivity contribution in [3.05, 3.63) is 58.1 Å². The molecule has 5 heteroatoms. The Kier molecular flexibility index (Phi) is 3.15. The van der Waals surface area contributed by atoms with Crippen molar-refractivity contribution in [2.24, 2.45) is 0 Å². The number of aromatic nitrogens is 2. The van der Waals surface area contributed by atoms with Crippen LogP contribution in [0, 0.1) is 0 Å². The number of anilines is 2. The maximum absolute atomic E-state index is 5.30. The minimum Gasteiger partial charge on any atom is -0.497 e. The molecule has 1 aliphatic rings. The number of fused-ring (bicyclic) bond motifs is 3. The zero-order valence-electron chi connectivity index (χ0n) is 12.0. The second-order valence-electron chi connectivity index (χ2n) is 5.26. The summed E-state index contributed by atoms with van der Waals surface area (Å²) >= 11 is 3.49. The molecule has 0 radical (unpaired) electrons. The normalized spacial score (nSPS) is 11.9. The summed E-state index contributed by atoms with van der Waals surface area (Å²) in [6.45, 7) is 0. The largest absolute Gasteiger partial charge is 0.497 e. The van der Waals surface area contributed by atoms with Gasteiger partial charge in [-0.3, -0.25) is 5.10 Å². The first kappa shape index (κ1) is 13.4. The summed E-state index contributed by atoms with van der Waals surface area (Å²) in [6, 6.07) is 14.2. The maximum Gasteiger partial charge on any atom is 0.130 e. The van der Waals surface area contributed by atoms with Crippen molar-refractivity contribution < 1.29 is 4.74 Å². The van der Waals surface area contributed by atoms with Gasteiger partial charge in [0, 0.05) is 27.7 Å². The van der Waals surface area contributed by atoms with E-state index in [0.29, 0.717) is 0 Å². The average molecular weight is 356 g/mol. The standard InChI is InChI=1S/C17H14BrN3O/c1-22-13-5-6-14-10(7-13)8-15-16(14)20-21-17(15)19-12-4-2-3-11(18)9-12/h2-7,9H,8H2,1H3,(H2,19,20,21). The van der Waals surface area contributed by atoms with Crippen molar-refractivity contribution in [1.29, 1.82) is 0 Å². The third kappa shape index (κ3) is 2.18. The van der Waals surface area contributed by atoms with Crippen LogP contribution in [0.25, 0.3) is 11.3 Å². The van der Waals surface area contributed by atoms with Gasteiger partial charge >= 0.3 is 0 Å². The highest BCUT2D eigenvalue weighted by Crippen LogP contribution is 2.40. The fraction of sp³-hybridized carbons (Fsp3) is 0.118. The smallest absolute Gasteiger partial charge is 0.130 e. The lowest BCUT2D eigenvalue weighted by Gasteiger charge is -2.06. The molecule has 1 aliphatic carbocycles. The molecular weight excluding hydrogens is 342 g/mol. The van der Waals surface area contributed by atoms with Crippen molar-refractivity contribution in [2.45, 2.75) is 6.42 Å². The Morgan fingerprint density at radius 2 is 2.14 bits per heavy atom. The predicted molar refractivity (Wildman–Crippen MR) is 90.8 cm³/mol. The lowest BCUT2D eigenvalue weighted by atomic mass is 10.1. The quantitative estimate of drug-likeness (QED) is 0.568. The van der Waals surface area contributed by atoms with Crippen LogP contribution in [0.4, 0.5) is 11.5 Å². The maximum atomic E-state index is 5.30. The first-order valence-corrected chi connectivity index (χ1v) is 7.81. The van der Waals surface area contributed by atoms with E-state index in [0.717, 1.165) is 33.8 Å². The van der Waals surface area contributed by atoms with E-state index < -0.39 is 0 Å². The number of nitrogens with zero attached hydrogens (tertiary/aromatic N) is 1. The topological polar surface area (TPSA) is 49.9 Å². The minimum absolute atomic E-state index is 0.856. The fourth-order valence-corrected chi connectivity index (χ4v) is 3.24. The van der Waals surface area contributed by atoms with Crippen LogP contribution in [-0.4, -0.2) is 17.3 Å². The van der Waals surface area contributed by atoms with Crippen molar-refractivity contribution in [1.82, 2.24) is 10.2 Å². The van der Waals surface area contributed by atoms with Crippen LogP contribution < -0.4 is 10.1 Å². The van der Waals surface area contributed by atoms with E-state index in [1.807, 2.05) is 30.3 Å². The molecule has 22 heavy (non-hydrogen) atoms. The average Bonchev–Trinajstić information content (AvgIpc) is 3.06. The number of ether oxygens (including phenoxy) is 1. The number of hydrogen-bond acceptors (Lipinski definition) is 3. The molecule has 0 atom stereocenters. The van der Waals surface area contributed by atoms with Crippen molar-refractivity contribution >= 4 is 27.4 Å². The Bertz CT molecular complexity index is 857. The van der Waals surface area contributed by atoms with Gasteiger partial charge in [-0.1, -0.05) is 22.0 Å². The number of halogens is 1. The van der Waals surface area contributed by atoms with Crippen LogP contribution in [0.5, 0.6) is 5.75 Å². The van der Waals surface area contributed by atoms with Crippen molar-refractivity contribution in [3.63, 3.8) is 0 Å². The third-order valence-electron chi connectivity index (χ3n) is 3.90. The molecule has 0 fully saturated rings. The second kappa shape index (κ2) is 5.18. The van der Waals surface area contributed by atoms with E-state index in [1.54, 1.807) is 7.11 Å². The van der Waals surface area contributed by atoms with Crippen LogP contribution >= 0.6 is 15.9 Å². The van der Waals surface area contributed by atoms with Gasteiger partial charge in [0.15, 0.2) is 0 Å². The Balaban J connectivity index is 1.68. The second-order valence-corrected chi connectivity index (χ2v) is 6.18. The van der Waals surface area contributed by atoms with Gasteiger partial charge < -0.3 is 10.1 Å². The zero-order chi connectivity index (χ0) is 15.1. The number of rotatable bonds is 3. The fourth-order valence-electron chi connectivity index (χ4n) is 2.84. The molecule has 110 valence electrons. The molecule has 4 rings (SSSR count). The van der Waals surface area contributed by atoms with Gasteiger partial charge in [0.2, 0.25) is 0 Å². The Hall–Kier alpha value is -2.27. The third-order valence-corrected chi connectivity index (χ3v) is 4.39. The summed E-state index contributed by atoms with van der Waals surface area (Å²) in [7, 11) is 1.69. The van der Waals surface area contributed by atoms with Gasteiger partial charge in [-0.25, -0.2) is 0 Å². The van der Waals surface area contributed by atoms with Crippen LogP contribution in [-0.2, 0) is 6.42 Å². The van der Waals surface area contributed by atoms with E-state index in [1.165, 1.54) is 16.7 Å². The lowest BCUT2D eigenvalue weighted by Crippen LogP contribution is -1.94. The molecule has 4 nitrogen and oxygen atoms in total. The summed E-state index contributed by atoms with van der Waals surface area (Å²) in [5.41, 5.74) is 5.67. The van der Waals surface area contributed by atoms with Crippen molar-refractivity contribution in [3.8, 4) is 17.0 Å². The minimum atomic E-state index is 0.856. The SMILES string of the molecule is COc1ccc2c(c1)Cc1c-2n[nH]c1Nc1cccc(Br)c1. The summed E-state index contributed by atoms with van der Waals surface area (Å²) < 4.78 is 6.35. The molecule has 3 aromatic rings. The van der Waals surface area contributed by atoms with E-state index in [2.05, 4.69) is 43.6 Å². The van der Waals surface area contributed by atoms with Crippen LogP contribution in [0.3, 0.4) is 0 Å². The van der Waals surface area contributed by atoms with E-state index in [-0.39, 0.29) is 0 Å². The van der Waals surface area contributed by atoms with E-state index >= 15 is 0 Å². The monoisotopic (exact) mass is 355 g/mol. The highest BCUT2D eigenvalue weighted by Gasteiger charge is 2.25. The molecule has 0 amide bonds. The van der Waals surface area contributed by atoms with Crippen LogP contribution in [0.2, 0.25) is 0 Å². The molecule has 0 aliphatic heterocycles. The summed E-state index contributed by atoms with van der Waals surface area (Å²) in [5, 5.41) is 11.0. The van der Waals surface area contributed by atoms with Gasteiger partial charge in [0.1, 0.15) is 11.6 Å². The predicted octanol–water partition coefficient (Wildman–Crippen LogP) is 4.50. The number of H-pyrrole nitrogens is 1. The number of methoxy groups -OCH3 is 1. The zero-order valence-corrected chi connectivity index (χ0v) is 13.6. The molecular formula is C17H14BrN3O. The first-order chi connectivity index (χ1) is 10.7. The summed E-state index contributed by atoms with van der Waals surface area (Å²) in [4.78, 5) is 0. The van der Waals surface area contributed by atoms with E-state index in [9.17, 15) is 0 Å². The molecule has 2 aromatic carbocycles. The van der Waals surface area contributed by atoms with Crippen LogP contribution in [0.15, 0.2) is 46.9 Å². The molecule has 1 heterocycles. The summed E-state index contributed by atoms with van der Waals surface area (Å²) in [5.74, 6) is 1.83. The lowest BCUT2D eigenvalue weighted by molar-refractivity contribution is 0.414. The van der Waals surface area contributed by atoms with Crippen molar-refractivity contribution in [2.75, 3.05) is 12.4 Å². The Morgan fingerprint density at radius 3 is 2.95 bits per heavy atom. The number of aromatic amines is 1. The van der Waals surface area contributed by atoms with Crippen LogP contribution in [0.1, 0.15) is 11.1 Å². The Labute approximate surface area is 136 Å². The molecule has 1 aromatic heterocycles. The molecule has 2 N–H and O–H groups in total. The van der Waals surface area contributed by atoms with E-state index in [4.69, 9.17) is 4.74 Å². The van der Waals surface area contributed by atoms with Gasteiger partial charge in [0.05, 0.1) is 12.8 Å². The van der Waals surface area contributed by atoms with Gasteiger partial charge in [-0.2, -0.15) is 5.10 Å². The molecule has 0 saturated carbocycles. The van der Waals surface area contributed by atoms with Gasteiger partial charge in [0.25, 0.3) is 0 Å². The number of hydrogen-bond donors (Lipinski definition) is 2. The molecule has 0 spiro atoms. The first-order valence-electron chi connectivity index (χ1n) is 7.02. The molecule has 0 bridgehead atoms. The number of benzene rings is 2. The highest BCUT2D eigenvalue weighted by molar-refractivity contribution is 9.10.